The van der Waals surface area contributed by atoms with E-state index in [9.17, 15) is 25.2 Å². The first-order valence-electron chi connectivity index (χ1n) is 7.62. The van der Waals surface area contributed by atoms with Crippen LogP contribution in [0.2, 0.25) is 0 Å². The second kappa shape index (κ2) is 8.76. The fraction of sp³-hybridized carbons (Fsp3) is 0.929. The van der Waals surface area contributed by atoms with Crippen molar-refractivity contribution in [1.29, 1.82) is 0 Å². The third-order valence-electron chi connectivity index (χ3n) is 3.67. The molecule has 0 aromatic heterocycles. The standard InChI is InChI=1S/C14H26O8/c1-2-3-4-5-6-7-10(16)22-14(20)13(19)12(18)11(17)9(8-15)21-14/h9,11-13,15,17-20H,2-8H2,1H3/t9-,11-,12+,13-,14?/m1/s1. The molecular formula is C14H26O8. The first-order valence-corrected chi connectivity index (χ1v) is 7.62. The van der Waals surface area contributed by atoms with Gasteiger partial charge >= 0.3 is 11.9 Å². The molecule has 1 saturated heterocycles. The van der Waals surface area contributed by atoms with Crippen molar-refractivity contribution >= 4 is 5.97 Å². The Labute approximate surface area is 129 Å². The van der Waals surface area contributed by atoms with E-state index in [1.54, 1.807) is 0 Å². The van der Waals surface area contributed by atoms with Gasteiger partial charge in [-0.3, -0.25) is 4.79 Å². The zero-order valence-electron chi connectivity index (χ0n) is 12.7. The summed E-state index contributed by atoms with van der Waals surface area (Å²) < 4.78 is 9.55. The van der Waals surface area contributed by atoms with Gasteiger partial charge in [-0.25, -0.2) is 0 Å². The molecule has 5 N–H and O–H groups in total. The second-order valence-corrected chi connectivity index (χ2v) is 5.53. The number of hydrogen-bond acceptors (Lipinski definition) is 8. The lowest BCUT2D eigenvalue weighted by Crippen LogP contribution is -2.66. The molecule has 1 fully saturated rings. The van der Waals surface area contributed by atoms with E-state index in [0.29, 0.717) is 6.42 Å². The van der Waals surface area contributed by atoms with Gasteiger partial charge in [-0.2, -0.15) is 0 Å². The van der Waals surface area contributed by atoms with E-state index in [1.165, 1.54) is 0 Å². The monoisotopic (exact) mass is 322 g/mol. The molecule has 1 aliphatic heterocycles. The number of carbonyl (C=O) groups excluding carboxylic acids is 1. The molecule has 22 heavy (non-hydrogen) atoms. The Kier molecular flexibility index (Phi) is 7.67. The molecule has 1 rings (SSSR count). The highest BCUT2D eigenvalue weighted by Gasteiger charge is 2.55. The molecule has 0 aromatic carbocycles. The fourth-order valence-electron chi connectivity index (χ4n) is 2.30. The summed E-state index contributed by atoms with van der Waals surface area (Å²) in [6.07, 6.45) is -2.24. The van der Waals surface area contributed by atoms with Gasteiger partial charge in [0.1, 0.15) is 18.3 Å². The van der Waals surface area contributed by atoms with Gasteiger partial charge in [-0.1, -0.05) is 32.6 Å². The Bertz CT molecular complexity index is 348. The van der Waals surface area contributed by atoms with Crippen molar-refractivity contribution in [2.75, 3.05) is 6.61 Å². The quantitative estimate of drug-likeness (QED) is 0.218. The van der Waals surface area contributed by atoms with Crippen LogP contribution in [0.15, 0.2) is 0 Å². The van der Waals surface area contributed by atoms with Crippen molar-refractivity contribution in [1.82, 2.24) is 0 Å². The third-order valence-corrected chi connectivity index (χ3v) is 3.67. The fourth-order valence-corrected chi connectivity index (χ4v) is 2.30. The smallest absolute Gasteiger partial charge is 0.357 e. The average Bonchev–Trinajstić information content (AvgIpc) is 2.49. The van der Waals surface area contributed by atoms with E-state index in [0.717, 1.165) is 25.7 Å². The molecule has 8 heteroatoms. The minimum Gasteiger partial charge on any atom is -0.406 e. The molecule has 5 atom stereocenters. The molecule has 8 nitrogen and oxygen atoms in total. The molecule has 0 aromatic rings. The minimum absolute atomic E-state index is 0.0323. The molecule has 0 amide bonds. The molecule has 130 valence electrons. The highest BCUT2D eigenvalue weighted by atomic mass is 16.8. The van der Waals surface area contributed by atoms with Gasteiger partial charge in [0.05, 0.1) is 6.61 Å². The summed E-state index contributed by atoms with van der Waals surface area (Å²) in [6, 6.07) is 0. The van der Waals surface area contributed by atoms with E-state index >= 15 is 0 Å². The number of rotatable bonds is 8. The van der Waals surface area contributed by atoms with Crippen LogP contribution in [-0.2, 0) is 14.3 Å². The van der Waals surface area contributed by atoms with Crippen LogP contribution in [0.1, 0.15) is 45.4 Å². The molecule has 0 saturated carbocycles. The van der Waals surface area contributed by atoms with E-state index in [1.807, 2.05) is 0 Å². The summed E-state index contributed by atoms with van der Waals surface area (Å²) in [6.45, 7) is 1.35. The lowest BCUT2D eigenvalue weighted by atomic mass is 9.98. The van der Waals surface area contributed by atoms with Crippen molar-refractivity contribution in [2.24, 2.45) is 0 Å². The molecule has 0 radical (unpaired) electrons. The van der Waals surface area contributed by atoms with E-state index < -0.39 is 43.0 Å². The molecule has 0 bridgehead atoms. The summed E-state index contributed by atoms with van der Waals surface area (Å²) >= 11 is 0. The van der Waals surface area contributed by atoms with Gasteiger partial charge < -0.3 is 35.0 Å². The average molecular weight is 322 g/mol. The van der Waals surface area contributed by atoms with Crippen molar-refractivity contribution in [2.45, 2.75) is 75.8 Å². The van der Waals surface area contributed by atoms with Crippen molar-refractivity contribution in [3.05, 3.63) is 0 Å². The Morgan fingerprint density at radius 1 is 1.14 bits per heavy atom. The molecule has 1 heterocycles. The summed E-state index contributed by atoms with van der Waals surface area (Å²) in [4.78, 5) is 11.7. The van der Waals surface area contributed by atoms with E-state index in [4.69, 9.17) is 14.6 Å². The van der Waals surface area contributed by atoms with Crippen molar-refractivity contribution in [3.8, 4) is 0 Å². The molecule has 1 unspecified atom stereocenters. The van der Waals surface area contributed by atoms with Crippen LogP contribution in [0, 0.1) is 0 Å². The summed E-state index contributed by atoms with van der Waals surface area (Å²) in [5.74, 6) is -3.58. The number of carbonyl (C=O) groups is 1. The first kappa shape index (κ1) is 19.3. The van der Waals surface area contributed by atoms with E-state index in [-0.39, 0.29) is 6.42 Å². The molecule has 0 aliphatic carbocycles. The second-order valence-electron chi connectivity index (χ2n) is 5.53. The third kappa shape index (κ3) is 4.87. The minimum atomic E-state index is -2.79. The number of unbranched alkanes of at least 4 members (excludes halogenated alkanes) is 4. The lowest BCUT2D eigenvalue weighted by Gasteiger charge is -2.43. The van der Waals surface area contributed by atoms with Gasteiger partial charge in [0.2, 0.25) is 0 Å². The topological polar surface area (TPSA) is 137 Å². The van der Waals surface area contributed by atoms with Crippen LogP contribution in [0.5, 0.6) is 0 Å². The highest BCUT2D eigenvalue weighted by molar-refractivity contribution is 5.69. The number of aliphatic hydroxyl groups is 5. The van der Waals surface area contributed by atoms with Crippen LogP contribution < -0.4 is 0 Å². The van der Waals surface area contributed by atoms with Gasteiger partial charge in [-0.05, 0) is 6.42 Å². The molecule has 0 spiro atoms. The predicted octanol–water partition coefficient (Wildman–Crippen LogP) is -0.990. The highest BCUT2D eigenvalue weighted by Crippen LogP contribution is 2.29. The normalized spacial score (nSPS) is 35.4. The van der Waals surface area contributed by atoms with Crippen LogP contribution >= 0.6 is 0 Å². The predicted molar refractivity (Wildman–Crippen MR) is 74.4 cm³/mol. The van der Waals surface area contributed by atoms with Crippen LogP contribution in [0.25, 0.3) is 0 Å². The van der Waals surface area contributed by atoms with Crippen molar-refractivity contribution in [3.63, 3.8) is 0 Å². The maximum atomic E-state index is 11.7. The lowest BCUT2D eigenvalue weighted by molar-refractivity contribution is -0.434. The summed E-state index contributed by atoms with van der Waals surface area (Å²) in [5.41, 5.74) is 0. The molecule has 1 aliphatic rings. The van der Waals surface area contributed by atoms with Gasteiger partial charge in [0.25, 0.3) is 0 Å². The van der Waals surface area contributed by atoms with Gasteiger partial charge in [0.15, 0.2) is 6.10 Å². The Hall–Kier alpha value is -0.770. The Balaban J connectivity index is 2.52. The Morgan fingerprint density at radius 3 is 2.36 bits per heavy atom. The number of hydrogen-bond donors (Lipinski definition) is 5. The first-order chi connectivity index (χ1) is 10.4. The molecular weight excluding hydrogens is 296 g/mol. The number of esters is 1. The van der Waals surface area contributed by atoms with Crippen molar-refractivity contribution < 1.29 is 39.8 Å². The number of ether oxygens (including phenoxy) is 2. The maximum absolute atomic E-state index is 11.7. The maximum Gasteiger partial charge on any atom is 0.357 e. The zero-order chi connectivity index (χ0) is 16.8. The number of aliphatic hydroxyl groups excluding tert-OH is 4. The van der Waals surface area contributed by atoms with Crippen LogP contribution in [-0.4, -0.2) is 68.5 Å². The van der Waals surface area contributed by atoms with Gasteiger partial charge in [0, 0.05) is 6.42 Å². The largest absolute Gasteiger partial charge is 0.406 e. The van der Waals surface area contributed by atoms with Gasteiger partial charge in [-0.15, -0.1) is 0 Å². The van der Waals surface area contributed by atoms with Crippen LogP contribution in [0.3, 0.4) is 0 Å². The van der Waals surface area contributed by atoms with E-state index in [2.05, 4.69) is 6.92 Å². The zero-order valence-corrected chi connectivity index (χ0v) is 12.7. The summed E-state index contributed by atoms with van der Waals surface area (Å²) in [5, 5.41) is 48.0. The Morgan fingerprint density at radius 2 is 1.77 bits per heavy atom. The summed E-state index contributed by atoms with van der Waals surface area (Å²) in [7, 11) is 0. The SMILES string of the molecule is CCCCCCCC(=O)OC1(O)O[C@H](CO)[C@@H](O)[C@H](O)[C@H]1O. The van der Waals surface area contributed by atoms with Crippen LogP contribution in [0.4, 0.5) is 0 Å².